The molecule has 0 aromatic rings. The second kappa shape index (κ2) is 5.59. The highest BCUT2D eigenvalue weighted by Gasteiger charge is 2.20. The van der Waals surface area contributed by atoms with Crippen molar-refractivity contribution in [2.24, 2.45) is 0 Å². The van der Waals surface area contributed by atoms with Gasteiger partial charge in [0.2, 0.25) is 11.8 Å². The van der Waals surface area contributed by atoms with Crippen LogP contribution in [0.15, 0.2) is 0 Å². The van der Waals surface area contributed by atoms with E-state index in [9.17, 15) is 9.59 Å². The lowest BCUT2D eigenvalue weighted by Gasteiger charge is -2.10. The van der Waals surface area contributed by atoms with Gasteiger partial charge in [0.15, 0.2) is 0 Å². The molecule has 0 saturated carbocycles. The molecule has 1 atom stereocenters. The highest BCUT2D eigenvalue weighted by atomic mass is 16.3. The molecule has 1 heterocycles. The fourth-order valence-corrected chi connectivity index (χ4v) is 1.40. The summed E-state index contributed by atoms with van der Waals surface area (Å²) in [6, 6.07) is 0.0839. The summed E-state index contributed by atoms with van der Waals surface area (Å²) in [5.41, 5.74) is 0. The lowest BCUT2D eigenvalue weighted by Crippen LogP contribution is -2.38. The predicted molar refractivity (Wildman–Crippen MR) is 50.5 cm³/mol. The normalized spacial score (nSPS) is 20.6. The Morgan fingerprint density at radius 1 is 1.64 bits per heavy atom. The van der Waals surface area contributed by atoms with Crippen LogP contribution in [0.1, 0.15) is 25.7 Å². The quantitative estimate of drug-likeness (QED) is 0.541. The fraction of sp³-hybridized carbons (Fsp3) is 0.778. The van der Waals surface area contributed by atoms with Gasteiger partial charge in [0.1, 0.15) is 0 Å². The maximum Gasteiger partial charge on any atom is 0.220 e. The number of rotatable bonds is 5. The average molecular weight is 200 g/mol. The Hall–Kier alpha value is -1.10. The minimum absolute atomic E-state index is 0.0353. The lowest BCUT2D eigenvalue weighted by molar-refractivity contribution is -0.122. The van der Waals surface area contributed by atoms with Gasteiger partial charge in [0.05, 0.1) is 0 Å². The number of aliphatic hydroxyl groups is 1. The maximum absolute atomic E-state index is 11.1. The molecule has 80 valence electrons. The summed E-state index contributed by atoms with van der Waals surface area (Å²) in [4.78, 5) is 21.9. The molecule has 0 bridgehead atoms. The zero-order valence-electron chi connectivity index (χ0n) is 8.08. The van der Waals surface area contributed by atoms with Crippen molar-refractivity contribution in [2.75, 3.05) is 13.2 Å². The Morgan fingerprint density at radius 3 is 3.00 bits per heavy atom. The largest absolute Gasteiger partial charge is 0.396 e. The number of carbonyl (C=O) groups is 2. The average Bonchev–Trinajstić information content (AvgIpc) is 2.58. The van der Waals surface area contributed by atoms with Crippen LogP contribution in [0.4, 0.5) is 0 Å². The van der Waals surface area contributed by atoms with Crippen molar-refractivity contribution < 1.29 is 14.7 Å². The SMILES string of the molecule is O=C(CCCO)NCC1CCC(=O)N1. The van der Waals surface area contributed by atoms with Crippen molar-refractivity contribution in [3.05, 3.63) is 0 Å². The molecular weight excluding hydrogens is 184 g/mol. The fourth-order valence-electron chi connectivity index (χ4n) is 1.40. The molecule has 1 saturated heterocycles. The van der Waals surface area contributed by atoms with Crippen LogP contribution >= 0.6 is 0 Å². The van der Waals surface area contributed by atoms with Crippen molar-refractivity contribution in [2.45, 2.75) is 31.7 Å². The molecule has 0 spiro atoms. The third-order valence-corrected chi connectivity index (χ3v) is 2.19. The van der Waals surface area contributed by atoms with Gasteiger partial charge in [-0.25, -0.2) is 0 Å². The first-order valence-electron chi connectivity index (χ1n) is 4.89. The van der Waals surface area contributed by atoms with E-state index in [1.165, 1.54) is 0 Å². The summed E-state index contributed by atoms with van der Waals surface area (Å²) >= 11 is 0. The van der Waals surface area contributed by atoms with E-state index in [1.807, 2.05) is 0 Å². The van der Waals surface area contributed by atoms with Crippen LogP contribution in [-0.4, -0.2) is 36.1 Å². The van der Waals surface area contributed by atoms with Crippen LogP contribution < -0.4 is 10.6 Å². The lowest BCUT2D eigenvalue weighted by atomic mass is 10.2. The molecule has 0 aromatic carbocycles. The molecule has 1 aliphatic rings. The number of hydrogen-bond donors (Lipinski definition) is 3. The molecule has 1 aliphatic heterocycles. The van der Waals surface area contributed by atoms with E-state index in [0.717, 1.165) is 6.42 Å². The summed E-state index contributed by atoms with van der Waals surface area (Å²) in [5.74, 6) is -0.0141. The van der Waals surface area contributed by atoms with Gasteiger partial charge in [-0.3, -0.25) is 9.59 Å². The molecule has 1 unspecified atom stereocenters. The predicted octanol–water partition coefficient (Wildman–Crippen LogP) is -0.846. The van der Waals surface area contributed by atoms with Crippen LogP contribution in [0.5, 0.6) is 0 Å². The number of hydrogen-bond acceptors (Lipinski definition) is 3. The number of aliphatic hydroxyl groups excluding tert-OH is 1. The summed E-state index contributed by atoms with van der Waals surface area (Å²) < 4.78 is 0. The van der Waals surface area contributed by atoms with E-state index in [-0.39, 0.29) is 24.5 Å². The third-order valence-electron chi connectivity index (χ3n) is 2.19. The molecule has 14 heavy (non-hydrogen) atoms. The van der Waals surface area contributed by atoms with Gasteiger partial charge in [-0.05, 0) is 12.8 Å². The molecule has 5 nitrogen and oxygen atoms in total. The Kier molecular flexibility index (Phi) is 4.39. The van der Waals surface area contributed by atoms with E-state index in [1.54, 1.807) is 0 Å². The maximum atomic E-state index is 11.1. The first-order valence-corrected chi connectivity index (χ1v) is 4.89. The Balaban J connectivity index is 2.08. The van der Waals surface area contributed by atoms with E-state index in [2.05, 4.69) is 10.6 Å². The van der Waals surface area contributed by atoms with Crippen LogP contribution in [0, 0.1) is 0 Å². The van der Waals surface area contributed by atoms with Gasteiger partial charge in [-0.15, -0.1) is 0 Å². The highest BCUT2D eigenvalue weighted by Crippen LogP contribution is 2.04. The first kappa shape index (κ1) is 11.0. The van der Waals surface area contributed by atoms with E-state index in [4.69, 9.17) is 5.11 Å². The van der Waals surface area contributed by atoms with Crippen LogP contribution in [0.25, 0.3) is 0 Å². The van der Waals surface area contributed by atoms with Crippen molar-refractivity contribution in [1.82, 2.24) is 10.6 Å². The summed E-state index contributed by atoms with van der Waals surface area (Å²) in [7, 11) is 0. The monoisotopic (exact) mass is 200 g/mol. The summed E-state index contributed by atoms with van der Waals surface area (Å²) in [5, 5.41) is 14.0. The van der Waals surface area contributed by atoms with E-state index < -0.39 is 0 Å². The zero-order chi connectivity index (χ0) is 10.4. The molecule has 0 aliphatic carbocycles. The van der Waals surface area contributed by atoms with Gasteiger partial charge < -0.3 is 15.7 Å². The Labute approximate surface area is 82.9 Å². The Morgan fingerprint density at radius 2 is 2.43 bits per heavy atom. The summed E-state index contributed by atoms with van der Waals surface area (Å²) in [6.45, 7) is 0.531. The number of amides is 2. The van der Waals surface area contributed by atoms with Crippen LogP contribution in [0.2, 0.25) is 0 Å². The standard InChI is InChI=1S/C9H16N2O3/c12-5-1-2-8(13)10-6-7-3-4-9(14)11-7/h7,12H,1-6H2,(H,10,13)(H,11,14). The number of carbonyl (C=O) groups excluding carboxylic acids is 2. The molecule has 1 fully saturated rings. The van der Waals surface area contributed by atoms with Crippen LogP contribution in [-0.2, 0) is 9.59 Å². The summed E-state index contributed by atoms with van der Waals surface area (Å²) in [6.07, 6.45) is 2.18. The van der Waals surface area contributed by atoms with Gasteiger partial charge in [-0.1, -0.05) is 0 Å². The van der Waals surface area contributed by atoms with Crippen LogP contribution in [0.3, 0.4) is 0 Å². The molecule has 2 amide bonds. The molecular formula is C9H16N2O3. The second-order valence-electron chi connectivity index (χ2n) is 3.43. The van der Waals surface area contributed by atoms with Crippen molar-refractivity contribution >= 4 is 11.8 Å². The second-order valence-corrected chi connectivity index (χ2v) is 3.43. The van der Waals surface area contributed by atoms with Crippen molar-refractivity contribution in [3.8, 4) is 0 Å². The van der Waals surface area contributed by atoms with Gasteiger partial charge in [0.25, 0.3) is 0 Å². The minimum atomic E-state index is -0.0693. The van der Waals surface area contributed by atoms with E-state index in [0.29, 0.717) is 25.8 Å². The minimum Gasteiger partial charge on any atom is -0.396 e. The number of nitrogens with one attached hydrogen (secondary N) is 2. The first-order chi connectivity index (χ1) is 6.72. The van der Waals surface area contributed by atoms with Gasteiger partial charge >= 0.3 is 0 Å². The zero-order valence-corrected chi connectivity index (χ0v) is 8.08. The Bertz CT molecular complexity index is 218. The molecule has 3 N–H and O–H groups in total. The smallest absolute Gasteiger partial charge is 0.220 e. The molecule has 0 aromatic heterocycles. The van der Waals surface area contributed by atoms with Crippen molar-refractivity contribution in [3.63, 3.8) is 0 Å². The van der Waals surface area contributed by atoms with Crippen molar-refractivity contribution in [1.29, 1.82) is 0 Å². The molecule has 0 radical (unpaired) electrons. The third kappa shape index (κ3) is 3.74. The van der Waals surface area contributed by atoms with E-state index >= 15 is 0 Å². The topological polar surface area (TPSA) is 78.4 Å². The van der Waals surface area contributed by atoms with Gasteiger partial charge in [0, 0.05) is 32.0 Å². The molecule has 1 rings (SSSR count). The molecule has 5 heteroatoms. The highest BCUT2D eigenvalue weighted by molar-refractivity contribution is 5.79. The van der Waals surface area contributed by atoms with Gasteiger partial charge in [-0.2, -0.15) is 0 Å².